The van der Waals surface area contributed by atoms with E-state index in [1.54, 1.807) is 0 Å². The average molecular weight is 420 g/mol. The first kappa shape index (κ1) is 22.8. The summed E-state index contributed by atoms with van der Waals surface area (Å²) in [7, 11) is 0. The standard InChI is InChI=1S/C26H33N3O2/c1-6-20(4)27-26(30)24-17-31-25(28-24)16-29(21(5)22-10-8-7-9-11-22)15-23-13-12-18(2)14-19(23)3/h7-14,17,20-21H,6,15-16H2,1-5H3,(H,27,30)/t20-,21+/m1/s1. The van der Waals surface area contributed by atoms with E-state index in [-0.39, 0.29) is 18.0 Å². The van der Waals surface area contributed by atoms with Gasteiger partial charge in [0.1, 0.15) is 6.26 Å². The number of nitrogens with one attached hydrogen (secondary N) is 1. The second-order valence-electron chi connectivity index (χ2n) is 8.33. The number of nitrogens with zero attached hydrogens (tertiary/aromatic N) is 2. The molecule has 0 radical (unpaired) electrons. The highest BCUT2D eigenvalue weighted by atomic mass is 16.3. The summed E-state index contributed by atoms with van der Waals surface area (Å²) in [6, 6.07) is 17.2. The fraction of sp³-hybridized carbons (Fsp3) is 0.385. The van der Waals surface area contributed by atoms with Crippen molar-refractivity contribution in [3.8, 4) is 0 Å². The van der Waals surface area contributed by atoms with Crippen LogP contribution in [0.5, 0.6) is 0 Å². The number of hydrogen-bond donors (Lipinski definition) is 1. The van der Waals surface area contributed by atoms with E-state index in [1.807, 2.05) is 19.9 Å². The molecule has 1 aromatic heterocycles. The van der Waals surface area contributed by atoms with Crippen LogP contribution in [0.3, 0.4) is 0 Å². The maximum Gasteiger partial charge on any atom is 0.273 e. The van der Waals surface area contributed by atoms with Crippen molar-refractivity contribution in [3.05, 3.63) is 88.6 Å². The molecule has 0 aliphatic heterocycles. The number of carbonyl (C=O) groups is 1. The van der Waals surface area contributed by atoms with Gasteiger partial charge in [0, 0.05) is 18.6 Å². The Morgan fingerprint density at radius 2 is 1.84 bits per heavy atom. The molecule has 0 saturated heterocycles. The molecule has 1 amide bonds. The van der Waals surface area contributed by atoms with Crippen molar-refractivity contribution in [3.63, 3.8) is 0 Å². The SMILES string of the molecule is CC[C@@H](C)NC(=O)c1coc(CN(Cc2ccc(C)cc2C)[C@@H](C)c2ccccc2)n1. The lowest BCUT2D eigenvalue weighted by Crippen LogP contribution is -2.32. The van der Waals surface area contributed by atoms with Crippen LogP contribution in [0.15, 0.2) is 59.2 Å². The maximum atomic E-state index is 12.4. The molecule has 5 heteroatoms. The number of rotatable bonds is 9. The molecule has 164 valence electrons. The van der Waals surface area contributed by atoms with Crippen LogP contribution in [0.4, 0.5) is 0 Å². The van der Waals surface area contributed by atoms with Crippen LogP contribution >= 0.6 is 0 Å². The molecule has 2 aromatic carbocycles. The van der Waals surface area contributed by atoms with Gasteiger partial charge in [-0.2, -0.15) is 0 Å². The third-order valence-electron chi connectivity index (χ3n) is 5.81. The fourth-order valence-electron chi connectivity index (χ4n) is 3.58. The van der Waals surface area contributed by atoms with Crippen LogP contribution in [-0.4, -0.2) is 21.8 Å². The number of benzene rings is 2. The molecule has 0 fully saturated rings. The van der Waals surface area contributed by atoms with E-state index in [0.29, 0.717) is 18.1 Å². The number of aryl methyl sites for hydroxylation is 2. The van der Waals surface area contributed by atoms with E-state index in [4.69, 9.17) is 4.42 Å². The van der Waals surface area contributed by atoms with Crippen molar-refractivity contribution in [2.75, 3.05) is 0 Å². The summed E-state index contributed by atoms with van der Waals surface area (Å²) in [6.07, 6.45) is 2.32. The summed E-state index contributed by atoms with van der Waals surface area (Å²) in [5, 5.41) is 2.94. The highest BCUT2D eigenvalue weighted by Gasteiger charge is 2.21. The number of oxazole rings is 1. The first-order valence-corrected chi connectivity index (χ1v) is 11.0. The Balaban J connectivity index is 1.82. The Morgan fingerprint density at radius 1 is 1.10 bits per heavy atom. The van der Waals surface area contributed by atoms with Gasteiger partial charge in [0.2, 0.25) is 5.89 Å². The predicted octanol–water partition coefficient (Wildman–Crippen LogP) is 5.58. The normalized spacial score (nSPS) is 13.2. The summed E-state index contributed by atoms with van der Waals surface area (Å²) in [5.41, 5.74) is 5.36. The van der Waals surface area contributed by atoms with E-state index >= 15 is 0 Å². The molecule has 5 nitrogen and oxygen atoms in total. The number of aromatic nitrogens is 1. The summed E-state index contributed by atoms with van der Waals surface area (Å²) in [4.78, 5) is 19.2. The van der Waals surface area contributed by atoms with E-state index in [0.717, 1.165) is 13.0 Å². The number of amides is 1. The molecule has 0 spiro atoms. The van der Waals surface area contributed by atoms with Crippen LogP contribution in [0, 0.1) is 13.8 Å². The van der Waals surface area contributed by atoms with Gasteiger partial charge in [-0.3, -0.25) is 9.69 Å². The highest BCUT2D eigenvalue weighted by molar-refractivity contribution is 5.92. The topological polar surface area (TPSA) is 58.4 Å². The lowest BCUT2D eigenvalue weighted by Gasteiger charge is -2.29. The van der Waals surface area contributed by atoms with Gasteiger partial charge in [-0.15, -0.1) is 0 Å². The molecule has 0 aliphatic rings. The second-order valence-corrected chi connectivity index (χ2v) is 8.33. The molecule has 0 unspecified atom stereocenters. The molecule has 3 rings (SSSR count). The van der Waals surface area contributed by atoms with E-state index in [9.17, 15) is 4.79 Å². The highest BCUT2D eigenvalue weighted by Crippen LogP contribution is 2.25. The maximum absolute atomic E-state index is 12.4. The van der Waals surface area contributed by atoms with Gasteiger partial charge in [-0.05, 0) is 50.8 Å². The van der Waals surface area contributed by atoms with Gasteiger partial charge >= 0.3 is 0 Å². The van der Waals surface area contributed by atoms with Gasteiger partial charge in [0.25, 0.3) is 5.91 Å². The quantitative estimate of drug-likeness (QED) is 0.492. The fourth-order valence-corrected chi connectivity index (χ4v) is 3.58. The van der Waals surface area contributed by atoms with Crippen molar-refractivity contribution in [2.24, 2.45) is 0 Å². The minimum Gasteiger partial charge on any atom is -0.447 e. The van der Waals surface area contributed by atoms with Gasteiger partial charge < -0.3 is 9.73 Å². The lowest BCUT2D eigenvalue weighted by molar-refractivity contribution is 0.0934. The van der Waals surface area contributed by atoms with E-state index in [1.165, 1.54) is 28.5 Å². The van der Waals surface area contributed by atoms with Crippen molar-refractivity contribution < 1.29 is 9.21 Å². The lowest BCUT2D eigenvalue weighted by atomic mass is 10.0. The number of hydrogen-bond acceptors (Lipinski definition) is 4. The van der Waals surface area contributed by atoms with Gasteiger partial charge in [0.15, 0.2) is 5.69 Å². The number of carbonyl (C=O) groups excluding carboxylic acids is 1. The second kappa shape index (κ2) is 10.4. The van der Waals surface area contributed by atoms with Crippen LogP contribution in [-0.2, 0) is 13.1 Å². The third kappa shape index (κ3) is 6.05. The van der Waals surface area contributed by atoms with E-state index in [2.05, 4.69) is 78.4 Å². The molecule has 0 saturated carbocycles. The smallest absolute Gasteiger partial charge is 0.273 e. The first-order chi connectivity index (χ1) is 14.9. The Kier molecular flexibility index (Phi) is 7.64. The van der Waals surface area contributed by atoms with Crippen LogP contribution in [0.2, 0.25) is 0 Å². The van der Waals surface area contributed by atoms with Gasteiger partial charge in [-0.1, -0.05) is 61.0 Å². The Labute approximate surface area is 185 Å². The molecule has 31 heavy (non-hydrogen) atoms. The zero-order valence-corrected chi connectivity index (χ0v) is 19.2. The van der Waals surface area contributed by atoms with Crippen molar-refractivity contribution >= 4 is 5.91 Å². The Morgan fingerprint density at radius 3 is 2.52 bits per heavy atom. The molecular formula is C26H33N3O2. The first-order valence-electron chi connectivity index (χ1n) is 11.0. The van der Waals surface area contributed by atoms with Gasteiger partial charge in [-0.25, -0.2) is 4.98 Å². The molecule has 0 bridgehead atoms. The van der Waals surface area contributed by atoms with Crippen molar-refractivity contribution in [2.45, 2.75) is 66.2 Å². The molecule has 2 atom stereocenters. The average Bonchev–Trinajstić information content (AvgIpc) is 3.23. The summed E-state index contributed by atoms with van der Waals surface area (Å²) in [5.74, 6) is 0.350. The molecule has 0 aliphatic carbocycles. The third-order valence-corrected chi connectivity index (χ3v) is 5.81. The summed E-state index contributed by atoms with van der Waals surface area (Å²) < 4.78 is 5.69. The molecular weight excluding hydrogens is 386 g/mol. The predicted molar refractivity (Wildman–Crippen MR) is 124 cm³/mol. The van der Waals surface area contributed by atoms with E-state index < -0.39 is 0 Å². The Hall–Kier alpha value is -2.92. The minimum atomic E-state index is -0.193. The van der Waals surface area contributed by atoms with Crippen LogP contribution in [0.25, 0.3) is 0 Å². The Bertz CT molecular complexity index is 997. The zero-order valence-electron chi connectivity index (χ0n) is 19.2. The van der Waals surface area contributed by atoms with Gasteiger partial charge in [0.05, 0.1) is 6.54 Å². The monoisotopic (exact) mass is 419 g/mol. The largest absolute Gasteiger partial charge is 0.447 e. The van der Waals surface area contributed by atoms with Crippen LogP contribution in [0.1, 0.15) is 71.9 Å². The summed E-state index contributed by atoms with van der Waals surface area (Å²) >= 11 is 0. The molecule has 1 heterocycles. The van der Waals surface area contributed by atoms with Crippen LogP contribution < -0.4 is 5.32 Å². The zero-order chi connectivity index (χ0) is 22.4. The van der Waals surface area contributed by atoms with Crippen molar-refractivity contribution in [1.29, 1.82) is 0 Å². The molecule has 1 N–H and O–H groups in total. The molecule has 3 aromatic rings. The van der Waals surface area contributed by atoms with Crippen molar-refractivity contribution in [1.82, 2.24) is 15.2 Å². The summed E-state index contributed by atoms with van der Waals surface area (Å²) in [6.45, 7) is 11.7. The minimum absolute atomic E-state index is 0.103.